The van der Waals surface area contributed by atoms with Gasteiger partial charge >= 0.3 is 0 Å². The molecule has 0 saturated heterocycles. The number of ether oxygens (including phenoxy) is 3. The van der Waals surface area contributed by atoms with Gasteiger partial charge in [-0.05, 0) is 226 Å². The minimum atomic E-state index is 0.467. The molecule has 7 heteroatoms. The molecule has 13 rings (SSSR count). The van der Waals surface area contributed by atoms with Crippen LogP contribution in [-0.2, 0) is 19.8 Å². The molecule has 96 heavy (non-hydrogen) atoms. The van der Waals surface area contributed by atoms with Gasteiger partial charge in [-0.15, -0.1) is 0 Å². The topological polar surface area (TPSA) is 40.7 Å². The number of benzene rings is 13. The Morgan fingerprint density at radius 3 is 0.583 bits per heavy atom. The molecule has 0 amide bonds. The maximum atomic E-state index is 6.26. The van der Waals surface area contributed by atoms with Gasteiger partial charge in [-0.3, -0.25) is 0 Å². The molecule has 466 valence electrons. The fourth-order valence-corrected chi connectivity index (χ4v) is 11.5. The third kappa shape index (κ3) is 15.3. The van der Waals surface area contributed by atoms with Gasteiger partial charge < -0.3 is 33.8 Å². The van der Waals surface area contributed by atoms with Crippen LogP contribution in [0.5, 0.6) is 17.2 Å². The van der Waals surface area contributed by atoms with Gasteiger partial charge in [-0.2, -0.15) is 0 Å². The van der Waals surface area contributed by atoms with Gasteiger partial charge in [-0.1, -0.05) is 202 Å². The minimum Gasteiger partial charge on any atom is -0.489 e. The van der Waals surface area contributed by atoms with Gasteiger partial charge in [0.15, 0.2) is 0 Å². The summed E-state index contributed by atoms with van der Waals surface area (Å²) < 4.78 is 18.7. The number of nitrogens with zero attached hydrogens (tertiary/aromatic N) is 4. The third-order valence-corrected chi connectivity index (χ3v) is 16.7. The fraction of sp³-hybridized carbons (Fsp3) is 0.0337. The van der Waals surface area contributed by atoms with Crippen LogP contribution in [0.3, 0.4) is 0 Å². The molecule has 0 fully saturated rings. The van der Waals surface area contributed by atoms with Crippen LogP contribution < -0.4 is 33.8 Å². The monoisotopic (exact) mass is 1240 g/mol. The number of para-hydroxylation sites is 3. The van der Waals surface area contributed by atoms with Crippen LogP contribution in [0, 0.1) is 0 Å². The lowest BCUT2D eigenvalue weighted by Crippen LogP contribution is -2.13. The molecule has 13 aromatic rings. The second kappa shape index (κ2) is 30.2. The smallest absolute Gasteiger partial charge is 0.119 e. The summed E-state index contributed by atoms with van der Waals surface area (Å²) in [6.07, 6.45) is 9.89. The molecule has 0 aromatic heterocycles. The van der Waals surface area contributed by atoms with Crippen molar-refractivity contribution in [2.24, 2.45) is 0 Å². The van der Waals surface area contributed by atoms with Crippen molar-refractivity contribution in [3.8, 4) is 17.2 Å². The highest BCUT2D eigenvalue weighted by atomic mass is 16.5. The molecule has 0 aliphatic carbocycles. The highest BCUT2D eigenvalue weighted by Gasteiger charge is 2.20. The molecule has 0 saturated carbocycles. The standard InChI is InChI=1S/C89H72N4O3/c1-4-67-22-30-72(31-23-67)64-94-87-58-52-84(53-59-87)90(75-16-10-7-11-17-75)78-40-36-70(37-41-78)28-29-71-38-42-79(43-39-71)93(82-48-44-80(45-49-82)91(76-18-12-8-13-19-76)85-54-60-88(61-55-85)95-65-73-32-24-68(5-2)25-33-73)83-50-46-81(47-51-83)92(77-20-14-9-15-21-77)86-56-62-89(63-57-86)96-66-74-34-26-69(6-3)27-35-74/h4-63H,1-3,64-66H2/b29-28+. The SMILES string of the molecule is C=Cc1ccc(COc2ccc(N(c3ccccc3)c3ccc(/C=C/c4ccc(N(c5ccc(N(c6ccccc6)c6ccc(OCc7ccc(C=C)cc7)cc6)cc5)c5ccc(N(c6ccccc6)c6ccc(OCc7ccc(C=C)cc7)cc6)cc5)cc4)cc3)cc2)cc1. The molecule has 0 aliphatic heterocycles. The second-order valence-corrected chi connectivity index (χ2v) is 23.1. The van der Waals surface area contributed by atoms with Crippen LogP contribution in [0.15, 0.2) is 353 Å². The molecular weight excluding hydrogens is 1170 g/mol. The van der Waals surface area contributed by atoms with Crippen molar-refractivity contribution in [3.05, 3.63) is 398 Å². The van der Waals surface area contributed by atoms with E-state index in [9.17, 15) is 0 Å². The molecule has 7 nitrogen and oxygen atoms in total. The third-order valence-electron chi connectivity index (χ3n) is 16.7. The van der Waals surface area contributed by atoms with Gasteiger partial charge in [-0.25, -0.2) is 0 Å². The lowest BCUT2D eigenvalue weighted by Gasteiger charge is -2.29. The van der Waals surface area contributed by atoms with E-state index >= 15 is 0 Å². The van der Waals surface area contributed by atoms with E-state index in [1.807, 2.05) is 72.8 Å². The maximum absolute atomic E-state index is 6.26. The van der Waals surface area contributed by atoms with Gasteiger partial charge in [0.25, 0.3) is 0 Å². The number of rotatable bonds is 26. The quantitative estimate of drug-likeness (QED) is 0.0500. The van der Waals surface area contributed by atoms with Crippen molar-refractivity contribution in [2.45, 2.75) is 19.8 Å². The Bertz CT molecular complexity index is 4480. The van der Waals surface area contributed by atoms with Crippen molar-refractivity contribution in [3.63, 3.8) is 0 Å². The highest BCUT2D eigenvalue weighted by Crippen LogP contribution is 2.43. The van der Waals surface area contributed by atoms with Gasteiger partial charge in [0.1, 0.15) is 37.1 Å². The van der Waals surface area contributed by atoms with Gasteiger partial charge in [0.2, 0.25) is 0 Å². The van der Waals surface area contributed by atoms with E-state index < -0.39 is 0 Å². The number of hydrogen-bond donors (Lipinski definition) is 0. The first-order valence-electron chi connectivity index (χ1n) is 32.2. The zero-order valence-electron chi connectivity index (χ0n) is 53.4. The summed E-state index contributed by atoms with van der Waals surface area (Å²) in [5, 5.41) is 0. The molecular formula is C89H72N4O3. The lowest BCUT2D eigenvalue weighted by atomic mass is 10.1. The van der Waals surface area contributed by atoms with Crippen molar-refractivity contribution in [2.75, 3.05) is 19.6 Å². The van der Waals surface area contributed by atoms with E-state index in [1.54, 1.807) is 0 Å². The zero-order valence-corrected chi connectivity index (χ0v) is 53.4. The first kappa shape index (κ1) is 62.2. The predicted molar refractivity (Wildman–Crippen MR) is 403 cm³/mol. The Morgan fingerprint density at radius 1 is 0.198 bits per heavy atom. The summed E-state index contributed by atoms with van der Waals surface area (Å²) in [7, 11) is 0. The summed E-state index contributed by atoms with van der Waals surface area (Å²) >= 11 is 0. The van der Waals surface area contributed by atoms with Gasteiger partial charge in [0, 0.05) is 68.2 Å². The zero-order chi connectivity index (χ0) is 65.3. The normalized spacial score (nSPS) is 10.9. The Hall–Kier alpha value is -12.6. The van der Waals surface area contributed by atoms with Gasteiger partial charge in [0.05, 0.1) is 0 Å². The molecule has 0 N–H and O–H groups in total. The van der Waals surface area contributed by atoms with Crippen LogP contribution in [0.1, 0.15) is 44.5 Å². The van der Waals surface area contributed by atoms with Crippen molar-refractivity contribution in [1.82, 2.24) is 0 Å². The van der Waals surface area contributed by atoms with E-state index in [1.165, 1.54) is 0 Å². The molecule has 0 aliphatic rings. The van der Waals surface area contributed by atoms with Crippen LogP contribution in [-0.4, -0.2) is 0 Å². The highest BCUT2D eigenvalue weighted by molar-refractivity contribution is 5.85. The average Bonchev–Trinajstić information content (AvgIpc) is 0.847. The predicted octanol–water partition coefficient (Wildman–Crippen LogP) is 24.4. The van der Waals surface area contributed by atoms with Crippen LogP contribution in [0.4, 0.5) is 68.2 Å². The molecule has 0 heterocycles. The summed E-state index contributed by atoms with van der Waals surface area (Å²) in [6.45, 7) is 13.1. The molecule has 0 bridgehead atoms. The lowest BCUT2D eigenvalue weighted by molar-refractivity contribution is 0.306. The molecule has 13 aromatic carbocycles. The van der Waals surface area contributed by atoms with Crippen LogP contribution >= 0.6 is 0 Å². The van der Waals surface area contributed by atoms with E-state index in [4.69, 9.17) is 14.2 Å². The molecule has 0 atom stereocenters. The van der Waals surface area contributed by atoms with Crippen molar-refractivity contribution >= 4 is 98.6 Å². The number of anilines is 12. The Kier molecular flexibility index (Phi) is 19.6. The maximum Gasteiger partial charge on any atom is 0.119 e. The molecule has 0 unspecified atom stereocenters. The van der Waals surface area contributed by atoms with Crippen molar-refractivity contribution in [1.29, 1.82) is 0 Å². The van der Waals surface area contributed by atoms with E-state index in [0.717, 1.165) is 130 Å². The summed E-state index contributed by atoms with van der Waals surface area (Å²) in [5.41, 5.74) is 21.0. The number of hydrogen-bond acceptors (Lipinski definition) is 7. The van der Waals surface area contributed by atoms with E-state index in [2.05, 4.69) is 331 Å². The Morgan fingerprint density at radius 2 is 0.375 bits per heavy atom. The molecule has 0 spiro atoms. The summed E-state index contributed by atoms with van der Waals surface area (Å²) in [5.74, 6) is 2.40. The second-order valence-electron chi connectivity index (χ2n) is 23.1. The first-order chi connectivity index (χ1) is 47.4. The Balaban J connectivity index is 0.774. The largest absolute Gasteiger partial charge is 0.489 e. The first-order valence-corrected chi connectivity index (χ1v) is 32.2. The molecule has 0 radical (unpaired) electrons. The van der Waals surface area contributed by atoms with Crippen LogP contribution in [0.25, 0.3) is 30.4 Å². The fourth-order valence-electron chi connectivity index (χ4n) is 11.5. The summed E-state index contributed by atoms with van der Waals surface area (Å²) in [4.78, 5) is 9.12. The Labute approximate surface area is 564 Å². The average molecular weight is 1250 g/mol. The summed E-state index contributed by atoms with van der Waals surface area (Å²) in [6, 6.07) is 116. The minimum absolute atomic E-state index is 0.467. The van der Waals surface area contributed by atoms with E-state index in [0.29, 0.717) is 19.8 Å². The van der Waals surface area contributed by atoms with Crippen LogP contribution in [0.2, 0.25) is 0 Å². The van der Waals surface area contributed by atoms with E-state index in [-0.39, 0.29) is 0 Å². The van der Waals surface area contributed by atoms with Crippen molar-refractivity contribution < 1.29 is 14.2 Å².